The van der Waals surface area contributed by atoms with Crippen LogP contribution in [0.4, 0.5) is 4.39 Å². The van der Waals surface area contributed by atoms with Gasteiger partial charge in [0.2, 0.25) is 5.91 Å². The minimum Gasteiger partial charge on any atom is -0.508 e. The lowest BCUT2D eigenvalue weighted by Crippen LogP contribution is -2.22. The van der Waals surface area contributed by atoms with Crippen LogP contribution in [-0.4, -0.2) is 49.7 Å². The number of allylic oxidation sites excluding steroid dienone is 1. The Hall–Kier alpha value is -3.90. The third-order valence-electron chi connectivity index (χ3n) is 5.65. The number of aromatic hydroxyl groups is 1. The standard InChI is InChI=1S/C30H33FN2O3/c1-4-26(22-9-6-5-7-10-22)30(27-17-14-24(34)21-28(27)31)23-12-15-25(16-13-23)36-20-19-32-18-8-11-29(35)33(2)3/h5-17,21,32,34H,4,18-20H2,1-3H3. The summed E-state index contributed by atoms with van der Waals surface area (Å²) in [6, 6.07) is 21.8. The molecular weight excluding hydrogens is 455 g/mol. The van der Waals surface area contributed by atoms with Gasteiger partial charge in [-0.15, -0.1) is 0 Å². The molecule has 0 fully saturated rings. The highest BCUT2D eigenvalue weighted by molar-refractivity contribution is 5.98. The van der Waals surface area contributed by atoms with E-state index in [9.17, 15) is 9.90 Å². The van der Waals surface area contributed by atoms with E-state index < -0.39 is 5.82 Å². The summed E-state index contributed by atoms with van der Waals surface area (Å²) in [7, 11) is 3.42. The second-order valence-corrected chi connectivity index (χ2v) is 8.45. The minimum absolute atomic E-state index is 0.0489. The van der Waals surface area contributed by atoms with Gasteiger partial charge in [0.15, 0.2) is 0 Å². The molecule has 36 heavy (non-hydrogen) atoms. The fourth-order valence-corrected chi connectivity index (χ4v) is 3.82. The summed E-state index contributed by atoms with van der Waals surface area (Å²) in [5.41, 5.74) is 4.12. The van der Waals surface area contributed by atoms with Gasteiger partial charge in [0.25, 0.3) is 0 Å². The Morgan fingerprint density at radius 3 is 2.39 bits per heavy atom. The number of phenolic OH excluding ortho intramolecular Hbond substituents is 1. The smallest absolute Gasteiger partial charge is 0.245 e. The summed E-state index contributed by atoms with van der Waals surface area (Å²) in [4.78, 5) is 13.0. The predicted octanol–water partition coefficient (Wildman–Crippen LogP) is 5.51. The average molecular weight is 489 g/mol. The third kappa shape index (κ3) is 7.30. The van der Waals surface area contributed by atoms with Crippen LogP contribution in [0.2, 0.25) is 0 Å². The average Bonchev–Trinajstić information content (AvgIpc) is 2.88. The summed E-state index contributed by atoms with van der Waals surface area (Å²) in [5, 5.41) is 12.9. The molecule has 188 valence electrons. The summed E-state index contributed by atoms with van der Waals surface area (Å²) >= 11 is 0. The minimum atomic E-state index is -0.473. The molecular formula is C30H33FN2O3. The molecule has 0 saturated heterocycles. The lowest BCUT2D eigenvalue weighted by atomic mass is 9.88. The summed E-state index contributed by atoms with van der Waals surface area (Å²) in [6.07, 6.45) is 4.03. The monoisotopic (exact) mass is 488 g/mol. The van der Waals surface area contributed by atoms with Crippen molar-refractivity contribution < 1.29 is 19.0 Å². The number of halogens is 1. The molecule has 0 radical (unpaired) electrons. The summed E-state index contributed by atoms with van der Waals surface area (Å²) in [6.45, 7) is 3.72. The highest BCUT2D eigenvalue weighted by Gasteiger charge is 2.17. The van der Waals surface area contributed by atoms with E-state index in [0.29, 0.717) is 37.4 Å². The van der Waals surface area contributed by atoms with Crippen LogP contribution in [0.5, 0.6) is 11.5 Å². The lowest BCUT2D eigenvalue weighted by molar-refractivity contribution is -0.123. The molecule has 0 unspecified atom stereocenters. The van der Waals surface area contributed by atoms with Gasteiger partial charge in [-0.1, -0.05) is 55.5 Å². The molecule has 1 amide bonds. The van der Waals surface area contributed by atoms with Crippen LogP contribution in [0.15, 0.2) is 84.9 Å². The number of likely N-dealkylation sites (N-methyl/N-ethyl adjacent to an activating group) is 1. The van der Waals surface area contributed by atoms with Crippen molar-refractivity contribution in [3.05, 3.63) is 107 Å². The van der Waals surface area contributed by atoms with Crippen molar-refractivity contribution in [2.75, 3.05) is 33.8 Å². The fraction of sp³-hybridized carbons (Fsp3) is 0.233. The van der Waals surface area contributed by atoms with Crippen molar-refractivity contribution in [1.29, 1.82) is 0 Å². The Morgan fingerprint density at radius 1 is 1.03 bits per heavy atom. The van der Waals surface area contributed by atoms with Crippen molar-refractivity contribution in [2.45, 2.75) is 13.3 Å². The number of amides is 1. The van der Waals surface area contributed by atoms with Crippen LogP contribution >= 0.6 is 0 Å². The fourth-order valence-electron chi connectivity index (χ4n) is 3.82. The Labute approximate surface area is 212 Å². The molecule has 3 rings (SSSR count). The first-order valence-electron chi connectivity index (χ1n) is 12.0. The largest absolute Gasteiger partial charge is 0.508 e. The zero-order valence-electron chi connectivity index (χ0n) is 21.0. The van der Waals surface area contributed by atoms with Crippen molar-refractivity contribution in [3.8, 4) is 11.5 Å². The van der Waals surface area contributed by atoms with Gasteiger partial charge < -0.3 is 20.1 Å². The molecule has 0 aliphatic carbocycles. The maximum atomic E-state index is 15.0. The first kappa shape index (κ1) is 26.7. The highest BCUT2D eigenvalue weighted by atomic mass is 19.1. The third-order valence-corrected chi connectivity index (χ3v) is 5.65. The second kappa shape index (κ2) is 13.3. The van der Waals surface area contributed by atoms with E-state index in [4.69, 9.17) is 4.74 Å². The number of carbonyl (C=O) groups is 1. The zero-order valence-corrected chi connectivity index (χ0v) is 21.0. The van der Waals surface area contributed by atoms with Crippen LogP contribution in [0, 0.1) is 5.82 Å². The van der Waals surface area contributed by atoms with Gasteiger partial charge in [-0.05, 0) is 53.0 Å². The van der Waals surface area contributed by atoms with Crippen LogP contribution in [0.25, 0.3) is 11.1 Å². The van der Waals surface area contributed by atoms with Crippen molar-refractivity contribution >= 4 is 17.1 Å². The van der Waals surface area contributed by atoms with Gasteiger partial charge in [0.05, 0.1) is 0 Å². The SMILES string of the molecule is CCC(=C(c1ccc(OCCNCC=CC(=O)N(C)C)cc1)c1ccc(O)cc1F)c1ccccc1. The predicted molar refractivity (Wildman–Crippen MR) is 143 cm³/mol. The number of hydrogen-bond donors (Lipinski definition) is 2. The quantitative estimate of drug-likeness (QED) is 0.212. The van der Waals surface area contributed by atoms with Gasteiger partial charge >= 0.3 is 0 Å². The Kier molecular flexibility index (Phi) is 9.83. The summed E-state index contributed by atoms with van der Waals surface area (Å²) in [5.74, 6) is 0.0829. The Balaban J connectivity index is 1.75. The van der Waals surface area contributed by atoms with E-state index in [1.54, 1.807) is 26.2 Å². The van der Waals surface area contributed by atoms with E-state index in [1.807, 2.05) is 54.6 Å². The molecule has 0 aliphatic rings. The van der Waals surface area contributed by atoms with E-state index in [0.717, 1.165) is 28.3 Å². The maximum absolute atomic E-state index is 15.0. The van der Waals surface area contributed by atoms with Gasteiger partial charge in [0, 0.05) is 44.9 Å². The number of ether oxygens (including phenoxy) is 1. The number of carbonyl (C=O) groups excluding carboxylic acids is 1. The number of hydrogen-bond acceptors (Lipinski definition) is 4. The zero-order chi connectivity index (χ0) is 25.9. The molecule has 3 aromatic carbocycles. The Bertz CT molecular complexity index is 1200. The van der Waals surface area contributed by atoms with E-state index in [-0.39, 0.29) is 11.7 Å². The van der Waals surface area contributed by atoms with Gasteiger partial charge in [-0.25, -0.2) is 4.39 Å². The molecule has 0 aliphatic heterocycles. The molecule has 0 bridgehead atoms. The number of nitrogens with zero attached hydrogens (tertiary/aromatic N) is 1. The molecule has 5 nitrogen and oxygen atoms in total. The molecule has 0 aromatic heterocycles. The van der Waals surface area contributed by atoms with Crippen LogP contribution in [0.3, 0.4) is 0 Å². The number of rotatable bonds is 11. The van der Waals surface area contributed by atoms with E-state index in [1.165, 1.54) is 17.0 Å². The lowest BCUT2D eigenvalue weighted by Gasteiger charge is -2.17. The first-order chi connectivity index (χ1) is 17.4. The van der Waals surface area contributed by atoms with Crippen LogP contribution in [-0.2, 0) is 4.79 Å². The number of benzene rings is 3. The van der Waals surface area contributed by atoms with Crippen LogP contribution in [0.1, 0.15) is 30.0 Å². The van der Waals surface area contributed by atoms with E-state index >= 15 is 4.39 Å². The van der Waals surface area contributed by atoms with Gasteiger partial charge in [0.1, 0.15) is 23.9 Å². The van der Waals surface area contributed by atoms with Crippen LogP contribution < -0.4 is 10.1 Å². The normalized spacial score (nSPS) is 11.9. The molecule has 0 atom stereocenters. The molecule has 3 aromatic rings. The number of nitrogens with one attached hydrogen (secondary N) is 1. The summed E-state index contributed by atoms with van der Waals surface area (Å²) < 4.78 is 20.8. The van der Waals surface area contributed by atoms with Gasteiger partial charge in [-0.2, -0.15) is 0 Å². The molecule has 2 N–H and O–H groups in total. The molecule has 6 heteroatoms. The molecule has 0 saturated carbocycles. The maximum Gasteiger partial charge on any atom is 0.245 e. The van der Waals surface area contributed by atoms with Crippen molar-refractivity contribution in [3.63, 3.8) is 0 Å². The molecule has 0 heterocycles. The Morgan fingerprint density at radius 2 is 1.75 bits per heavy atom. The highest BCUT2D eigenvalue weighted by Crippen LogP contribution is 2.36. The topological polar surface area (TPSA) is 61.8 Å². The molecule has 0 spiro atoms. The van der Waals surface area contributed by atoms with Crippen molar-refractivity contribution in [2.24, 2.45) is 0 Å². The number of phenols is 1. The second-order valence-electron chi connectivity index (χ2n) is 8.45. The van der Waals surface area contributed by atoms with Crippen molar-refractivity contribution in [1.82, 2.24) is 10.2 Å². The first-order valence-corrected chi connectivity index (χ1v) is 12.0. The van der Waals surface area contributed by atoms with E-state index in [2.05, 4.69) is 12.2 Å². The van der Waals surface area contributed by atoms with Gasteiger partial charge in [-0.3, -0.25) is 4.79 Å².